The Morgan fingerprint density at radius 3 is 2.70 bits per heavy atom. The molecule has 112 valence electrons. The van der Waals surface area contributed by atoms with Gasteiger partial charge >= 0.3 is 0 Å². The summed E-state index contributed by atoms with van der Waals surface area (Å²) in [5, 5.41) is 0. The number of nitrogens with two attached hydrogens (primary N) is 1. The number of hydrogen-bond acceptors (Lipinski definition) is 3. The number of rotatable bonds is 6. The summed E-state index contributed by atoms with van der Waals surface area (Å²) in [4.78, 5) is 2.54. The van der Waals surface area contributed by atoms with Crippen molar-refractivity contribution >= 4 is 0 Å². The molecule has 0 spiro atoms. The molecule has 3 nitrogen and oxygen atoms in total. The standard InChI is InChI=1S/C17H28N2O/c1-3-12-20-16-9-7-15(8-10-16)13-19-11-5-4-6-17(19)14(2)18/h7-10,14,17H,3-6,11-13,18H2,1-2H3. The molecule has 2 N–H and O–H groups in total. The van der Waals surface area contributed by atoms with Crippen LogP contribution in [0, 0.1) is 0 Å². The fourth-order valence-corrected chi connectivity index (χ4v) is 2.95. The highest BCUT2D eigenvalue weighted by atomic mass is 16.5. The Balaban J connectivity index is 1.94. The van der Waals surface area contributed by atoms with Gasteiger partial charge in [-0.3, -0.25) is 4.90 Å². The Morgan fingerprint density at radius 2 is 2.05 bits per heavy atom. The van der Waals surface area contributed by atoms with Crippen molar-refractivity contribution in [1.82, 2.24) is 4.90 Å². The van der Waals surface area contributed by atoms with Crippen molar-refractivity contribution in [3.63, 3.8) is 0 Å². The fraction of sp³-hybridized carbons (Fsp3) is 0.647. The van der Waals surface area contributed by atoms with Gasteiger partial charge in [0.1, 0.15) is 5.75 Å². The van der Waals surface area contributed by atoms with E-state index in [0.29, 0.717) is 6.04 Å². The van der Waals surface area contributed by atoms with Crippen molar-refractivity contribution < 1.29 is 4.74 Å². The number of likely N-dealkylation sites (tertiary alicyclic amines) is 1. The number of benzene rings is 1. The molecule has 1 aliphatic heterocycles. The lowest BCUT2D eigenvalue weighted by molar-refractivity contribution is 0.123. The molecule has 2 rings (SSSR count). The van der Waals surface area contributed by atoms with Gasteiger partial charge in [-0.2, -0.15) is 0 Å². The highest BCUT2D eigenvalue weighted by molar-refractivity contribution is 5.27. The van der Waals surface area contributed by atoms with Crippen LogP contribution in [0.4, 0.5) is 0 Å². The smallest absolute Gasteiger partial charge is 0.119 e. The van der Waals surface area contributed by atoms with Crippen molar-refractivity contribution in [1.29, 1.82) is 0 Å². The molecule has 1 heterocycles. The van der Waals surface area contributed by atoms with Gasteiger partial charge in [0.15, 0.2) is 0 Å². The Kier molecular flexibility index (Phi) is 5.86. The summed E-state index contributed by atoms with van der Waals surface area (Å²) in [6, 6.07) is 9.30. The average Bonchev–Trinajstić information content (AvgIpc) is 2.47. The normalized spacial score (nSPS) is 21.6. The van der Waals surface area contributed by atoms with Crippen LogP contribution < -0.4 is 10.5 Å². The zero-order valence-electron chi connectivity index (χ0n) is 12.8. The predicted octanol–water partition coefficient (Wildman–Crippen LogP) is 3.18. The molecule has 0 amide bonds. The van der Waals surface area contributed by atoms with E-state index in [2.05, 4.69) is 43.0 Å². The van der Waals surface area contributed by atoms with Crippen LogP contribution in [0.5, 0.6) is 5.75 Å². The van der Waals surface area contributed by atoms with E-state index in [9.17, 15) is 0 Å². The maximum atomic E-state index is 6.13. The van der Waals surface area contributed by atoms with Gasteiger partial charge in [0.2, 0.25) is 0 Å². The Labute approximate surface area is 123 Å². The Hall–Kier alpha value is -1.06. The highest BCUT2D eigenvalue weighted by Gasteiger charge is 2.25. The summed E-state index contributed by atoms with van der Waals surface area (Å²) in [6.45, 7) is 7.21. The molecule has 1 aromatic rings. The molecule has 1 aromatic carbocycles. The summed E-state index contributed by atoms with van der Waals surface area (Å²) >= 11 is 0. The second kappa shape index (κ2) is 7.65. The Morgan fingerprint density at radius 1 is 1.30 bits per heavy atom. The summed E-state index contributed by atoms with van der Waals surface area (Å²) in [5.74, 6) is 0.970. The van der Waals surface area contributed by atoms with Crippen LogP contribution in [0.3, 0.4) is 0 Å². The van der Waals surface area contributed by atoms with Crippen molar-refractivity contribution in [3.05, 3.63) is 29.8 Å². The number of piperidine rings is 1. The Bertz CT molecular complexity index is 388. The van der Waals surface area contributed by atoms with Crippen LogP contribution in [0.1, 0.15) is 45.1 Å². The molecule has 2 unspecified atom stereocenters. The third kappa shape index (κ3) is 4.22. The van der Waals surface area contributed by atoms with E-state index in [1.54, 1.807) is 0 Å². The quantitative estimate of drug-likeness (QED) is 0.867. The van der Waals surface area contributed by atoms with Gasteiger partial charge in [-0.1, -0.05) is 25.5 Å². The largest absolute Gasteiger partial charge is 0.494 e. The second-order valence-corrected chi connectivity index (χ2v) is 5.89. The molecule has 20 heavy (non-hydrogen) atoms. The van der Waals surface area contributed by atoms with Gasteiger partial charge in [0.05, 0.1) is 6.61 Å². The van der Waals surface area contributed by atoms with E-state index in [1.807, 2.05) is 0 Å². The minimum atomic E-state index is 0.252. The second-order valence-electron chi connectivity index (χ2n) is 5.89. The molecular formula is C17H28N2O. The minimum Gasteiger partial charge on any atom is -0.494 e. The molecule has 1 fully saturated rings. The number of ether oxygens (including phenoxy) is 1. The van der Waals surface area contributed by atoms with E-state index in [4.69, 9.17) is 10.5 Å². The molecule has 0 saturated carbocycles. The van der Waals surface area contributed by atoms with Crippen LogP contribution in [0.15, 0.2) is 24.3 Å². The molecular weight excluding hydrogens is 248 g/mol. The SMILES string of the molecule is CCCOc1ccc(CN2CCCCC2C(C)N)cc1. The molecule has 0 aromatic heterocycles. The van der Waals surface area contributed by atoms with Crippen LogP contribution >= 0.6 is 0 Å². The van der Waals surface area contributed by atoms with Crippen molar-refractivity contribution in [2.75, 3.05) is 13.2 Å². The summed E-state index contributed by atoms with van der Waals surface area (Å²) in [5.41, 5.74) is 7.48. The van der Waals surface area contributed by atoms with Crippen LogP contribution in [-0.4, -0.2) is 30.1 Å². The van der Waals surface area contributed by atoms with Gasteiger partial charge < -0.3 is 10.5 Å². The molecule has 0 bridgehead atoms. The van der Waals surface area contributed by atoms with E-state index < -0.39 is 0 Å². The topological polar surface area (TPSA) is 38.5 Å². The fourth-order valence-electron chi connectivity index (χ4n) is 2.95. The molecule has 3 heteroatoms. The van der Waals surface area contributed by atoms with E-state index >= 15 is 0 Å². The first-order valence-corrected chi connectivity index (χ1v) is 7.92. The molecule has 2 atom stereocenters. The van der Waals surface area contributed by atoms with Gasteiger partial charge in [0, 0.05) is 18.6 Å². The highest BCUT2D eigenvalue weighted by Crippen LogP contribution is 2.22. The monoisotopic (exact) mass is 276 g/mol. The number of hydrogen-bond donors (Lipinski definition) is 1. The lowest BCUT2D eigenvalue weighted by Crippen LogP contribution is -2.48. The predicted molar refractivity (Wildman–Crippen MR) is 83.9 cm³/mol. The van der Waals surface area contributed by atoms with Gasteiger partial charge in [-0.25, -0.2) is 0 Å². The molecule has 0 aliphatic carbocycles. The third-order valence-corrected chi connectivity index (χ3v) is 4.05. The summed E-state index contributed by atoms with van der Waals surface area (Å²) < 4.78 is 5.63. The molecule has 0 radical (unpaired) electrons. The van der Waals surface area contributed by atoms with E-state index in [0.717, 1.165) is 25.3 Å². The molecule has 1 aliphatic rings. The van der Waals surface area contributed by atoms with Gasteiger partial charge in [-0.15, -0.1) is 0 Å². The van der Waals surface area contributed by atoms with Crippen LogP contribution in [-0.2, 0) is 6.54 Å². The first-order valence-electron chi connectivity index (χ1n) is 7.92. The zero-order chi connectivity index (χ0) is 14.4. The average molecular weight is 276 g/mol. The van der Waals surface area contributed by atoms with E-state index in [-0.39, 0.29) is 6.04 Å². The maximum Gasteiger partial charge on any atom is 0.119 e. The third-order valence-electron chi connectivity index (χ3n) is 4.05. The lowest BCUT2D eigenvalue weighted by atomic mass is 9.96. The first kappa shape index (κ1) is 15.3. The first-order chi connectivity index (χ1) is 9.70. The van der Waals surface area contributed by atoms with Crippen molar-refractivity contribution in [2.45, 2.75) is 58.2 Å². The minimum absolute atomic E-state index is 0.252. The molecule has 1 saturated heterocycles. The van der Waals surface area contributed by atoms with Gasteiger partial charge in [-0.05, 0) is 50.4 Å². The number of nitrogens with zero attached hydrogens (tertiary/aromatic N) is 1. The van der Waals surface area contributed by atoms with E-state index in [1.165, 1.54) is 31.4 Å². The van der Waals surface area contributed by atoms with Crippen LogP contribution in [0.25, 0.3) is 0 Å². The summed E-state index contributed by atoms with van der Waals surface area (Å²) in [6.07, 6.45) is 4.88. The van der Waals surface area contributed by atoms with Gasteiger partial charge in [0.25, 0.3) is 0 Å². The van der Waals surface area contributed by atoms with Crippen LogP contribution in [0.2, 0.25) is 0 Å². The zero-order valence-corrected chi connectivity index (χ0v) is 12.8. The summed E-state index contributed by atoms with van der Waals surface area (Å²) in [7, 11) is 0. The lowest BCUT2D eigenvalue weighted by Gasteiger charge is -2.38. The van der Waals surface area contributed by atoms with Crippen molar-refractivity contribution in [3.8, 4) is 5.75 Å². The maximum absolute atomic E-state index is 6.13. The van der Waals surface area contributed by atoms with Crippen molar-refractivity contribution in [2.24, 2.45) is 5.73 Å².